The molecule has 0 aromatic heterocycles. The molecule has 0 saturated heterocycles. The molecule has 0 unspecified atom stereocenters. The summed E-state index contributed by atoms with van der Waals surface area (Å²) in [5.41, 5.74) is 0.496. The minimum Gasteiger partial charge on any atom is -0.487 e. The van der Waals surface area contributed by atoms with Gasteiger partial charge in [0.05, 0.1) is 19.7 Å². The van der Waals surface area contributed by atoms with Crippen molar-refractivity contribution in [2.75, 3.05) is 47.4 Å². The van der Waals surface area contributed by atoms with Gasteiger partial charge < -0.3 is 24.7 Å². The molecule has 1 aliphatic rings. The summed E-state index contributed by atoms with van der Waals surface area (Å²) in [6.07, 6.45) is -1.33. The molecule has 1 aliphatic heterocycles. The Bertz CT molecular complexity index is 999. The fourth-order valence-corrected chi connectivity index (χ4v) is 5.30. The fourth-order valence-electron chi connectivity index (χ4n) is 3.47. The van der Waals surface area contributed by atoms with Gasteiger partial charge in [0, 0.05) is 31.1 Å². The van der Waals surface area contributed by atoms with Crippen molar-refractivity contribution in [1.82, 2.24) is 14.1 Å². The van der Waals surface area contributed by atoms with E-state index in [1.165, 1.54) is 23.4 Å². The van der Waals surface area contributed by atoms with Crippen LogP contribution in [0.5, 0.6) is 5.75 Å². The van der Waals surface area contributed by atoms with Crippen LogP contribution in [0.1, 0.15) is 26.3 Å². The number of ether oxygens (including phenoxy) is 1. The van der Waals surface area contributed by atoms with Crippen LogP contribution in [0.15, 0.2) is 23.1 Å². The molecule has 0 fully saturated rings. The highest BCUT2D eigenvalue weighted by atomic mass is 32.2. The van der Waals surface area contributed by atoms with E-state index in [4.69, 9.17) is 4.74 Å². The summed E-state index contributed by atoms with van der Waals surface area (Å²) in [6.45, 7) is 5.36. The highest BCUT2D eigenvalue weighted by Gasteiger charge is 2.38. The van der Waals surface area contributed by atoms with Gasteiger partial charge in [0.25, 0.3) is 0 Å². The van der Waals surface area contributed by atoms with Gasteiger partial charge in [0.1, 0.15) is 22.9 Å². The molecule has 10 heteroatoms. The molecule has 0 radical (unpaired) electrons. The lowest BCUT2D eigenvalue weighted by Gasteiger charge is -2.37. The third-order valence-electron chi connectivity index (χ3n) is 5.42. The number of carbonyl (C=O) groups is 1. The Morgan fingerprint density at radius 3 is 2.55 bits per heavy atom. The number of aliphatic hydroxyl groups excluding tert-OH is 2. The first-order valence-corrected chi connectivity index (χ1v) is 12.3. The molecule has 0 aliphatic carbocycles. The van der Waals surface area contributed by atoms with Crippen LogP contribution in [0.3, 0.4) is 0 Å². The van der Waals surface area contributed by atoms with Gasteiger partial charge in [-0.2, -0.15) is 4.31 Å². The number of benzene rings is 1. The van der Waals surface area contributed by atoms with E-state index in [0.717, 1.165) is 0 Å². The second-order valence-corrected chi connectivity index (χ2v) is 10.7. The van der Waals surface area contributed by atoms with Crippen LogP contribution in [0.2, 0.25) is 0 Å². The number of carbonyl (C=O) groups excluding carboxylic acids is 1. The van der Waals surface area contributed by atoms with Gasteiger partial charge in [0.2, 0.25) is 15.9 Å². The molecule has 2 rings (SSSR count). The van der Waals surface area contributed by atoms with Crippen molar-refractivity contribution in [3.63, 3.8) is 0 Å². The minimum atomic E-state index is -3.96. The molecule has 1 aromatic carbocycles. The lowest BCUT2D eigenvalue weighted by Crippen LogP contribution is -2.50. The number of rotatable bonds is 6. The molecule has 4 atom stereocenters. The van der Waals surface area contributed by atoms with Crippen molar-refractivity contribution >= 4 is 15.9 Å². The van der Waals surface area contributed by atoms with Crippen molar-refractivity contribution in [2.24, 2.45) is 5.92 Å². The van der Waals surface area contributed by atoms with Crippen molar-refractivity contribution in [3.05, 3.63) is 23.8 Å². The van der Waals surface area contributed by atoms with E-state index in [1.54, 1.807) is 29.8 Å². The van der Waals surface area contributed by atoms with E-state index < -0.39 is 28.3 Å². The number of aliphatic hydroxyl groups is 2. The van der Waals surface area contributed by atoms with Crippen LogP contribution >= 0.6 is 0 Å². The molecule has 1 aromatic rings. The van der Waals surface area contributed by atoms with Crippen molar-refractivity contribution in [3.8, 4) is 17.6 Å². The van der Waals surface area contributed by atoms with Crippen LogP contribution in [-0.4, -0.2) is 104 Å². The van der Waals surface area contributed by atoms with Crippen LogP contribution in [0.4, 0.5) is 0 Å². The van der Waals surface area contributed by atoms with Gasteiger partial charge in [-0.3, -0.25) is 4.79 Å². The number of nitrogens with zero attached hydrogens (tertiary/aromatic N) is 3. The topological polar surface area (TPSA) is 111 Å². The average Bonchev–Trinajstić information content (AvgIpc) is 2.73. The van der Waals surface area contributed by atoms with Crippen LogP contribution in [0.25, 0.3) is 0 Å². The van der Waals surface area contributed by atoms with Gasteiger partial charge in [-0.25, -0.2) is 8.42 Å². The van der Waals surface area contributed by atoms with E-state index in [2.05, 4.69) is 11.8 Å². The summed E-state index contributed by atoms with van der Waals surface area (Å²) in [5, 5.41) is 19.2. The van der Waals surface area contributed by atoms with E-state index in [-0.39, 0.29) is 48.7 Å². The van der Waals surface area contributed by atoms with Crippen molar-refractivity contribution in [1.29, 1.82) is 0 Å². The molecule has 2 N–H and O–H groups in total. The average molecular weight is 482 g/mol. The Hall–Kier alpha value is -2.16. The zero-order valence-corrected chi connectivity index (χ0v) is 21.0. The number of amides is 1. The lowest BCUT2D eigenvalue weighted by atomic mass is 10.0. The Labute approximate surface area is 197 Å². The third kappa shape index (κ3) is 6.91. The van der Waals surface area contributed by atoms with E-state index >= 15 is 0 Å². The molecule has 1 heterocycles. The first-order chi connectivity index (χ1) is 15.4. The molecular weight excluding hydrogens is 446 g/mol. The molecular formula is C23H35N3O6S. The first kappa shape index (κ1) is 27.1. The molecule has 184 valence electrons. The van der Waals surface area contributed by atoms with Gasteiger partial charge in [0.15, 0.2) is 0 Å². The number of fused-ring (bicyclic) bond motifs is 1. The lowest BCUT2D eigenvalue weighted by molar-refractivity contribution is -0.132. The third-order valence-corrected chi connectivity index (χ3v) is 7.44. The molecule has 0 spiro atoms. The standard InChI is InChI=1S/C23H35N3O6S/c1-16-12-26(17(2)15-27)33(30,31)22-10-9-19(8-7-18(3)28)11-20(22)32-21(16)13-25(6)23(29)14-24(4)5/h9-11,16-18,21,27-28H,12-15H2,1-6H3/t16-,17-,18+,21+/m1/s1. The fraction of sp³-hybridized carbons (Fsp3) is 0.609. The second kappa shape index (κ2) is 11.3. The smallest absolute Gasteiger partial charge is 0.247 e. The molecule has 9 nitrogen and oxygen atoms in total. The van der Waals surface area contributed by atoms with Gasteiger partial charge >= 0.3 is 0 Å². The Balaban J connectivity index is 2.53. The van der Waals surface area contributed by atoms with Crippen molar-refractivity contribution in [2.45, 2.75) is 43.9 Å². The highest BCUT2D eigenvalue weighted by Crippen LogP contribution is 2.34. The van der Waals surface area contributed by atoms with Crippen LogP contribution in [0, 0.1) is 17.8 Å². The summed E-state index contributed by atoms with van der Waals surface area (Å²) < 4.78 is 34.4. The molecule has 33 heavy (non-hydrogen) atoms. The second-order valence-electron chi connectivity index (χ2n) is 8.86. The quantitative estimate of drug-likeness (QED) is 0.559. The normalized spacial score (nSPS) is 22.1. The maximum atomic E-state index is 13.4. The number of hydrogen-bond acceptors (Lipinski definition) is 7. The summed E-state index contributed by atoms with van der Waals surface area (Å²) in [5.74, 6) is 5.23. The van der Waals surface area contributed by atoms with Gasteiger partial charge in [-0.1, -0.05) is 18.8 Å². The molecule has 1 amide bonds. The predicted octanol–water partition coefficient (Wildman–Crippen LogP) is 0.208. The minimum absolute atomic E-state index is 0.0235. The SMILES string of the molecule is C[C@H](O)C#Cc1ccc2c(c1)O[C@@H](CN(C)C(=O)CN(C)C)[C@H](C)CN([C@H](C)CO)S2(=O)=O. The number of likely N-dealkylation sites (N-methyl/N-ethyl adjacent to an activating group) is 2. The first-order valence-electron chi connectivity index (χ1n) is 10.9. The predicted molar refractivity (Wildman–Crippen MR) is 125 cm³/mol. The maximum Gasteiger partial charge on any atom is 0.247 e. The summed E-state index contributed by atoms with van der Waals surface area (Å²) >= 11 is 0. The van der Waals surface area contributed by atoms with Crippen molar-refractivity contribution < 1.29 is 28.2 Å². The summed E-state index contributed by atoms with van der Waals surface area (Å²) in [4.78, 5) is 15.8. The Morgan fingerprint density at radius 1 is 1.30 bits per heavy atom. The monoisotopic (exact) mass is 481 g/mol. The maximum absolute atomic E-state index is 13.4. The van der Waals surface area contributed by atoms with Crippen LogP contribution in [-0.2, 0) is 14.8 Å². The molecule has 0 bridgehead atoms. The van der Waals surface area contributed by atoms with E-state index in [9.17, 15) is 23.4 Å². The zero-order valence-electron chi connectivity index (χ0n) is 20.1. The Morgan fingerprint density at radius 2 is 1.97 bits per heavy atom. The number of hydrogen-bond donors (Lipinski definition) is 2. The van der Waals surface area contributed by atoms with E-state index in [0.29, 0.717) is 5.56 Å². The molecule has 0 saturated carbocycles. The zero-order chi connectivity index (χ0) is 24.9. The van der Waals surface area contributed by atoms with Gasteiger partial charge in [-0.15, -0.1) is 0 Å². The summed E-state index contributed by atoms with van der Waals surface area (Å²) in [6, 6.07) is 3.90. The van der Waals surface area contributed by atoms with E-state index in [1.807, 2.05) is 21.0 Å². The largest absolute Gasteiger partial charge is 0.487 e. The Kier molecular flexibility index (Phi) is 9.29. The summed E-state index contributed by atoms with van der Waals surface area (Å²) in [7, 11) is 1.36. The highest BCUT2D eigenvalue weighted by molar-refractivity contribution is 7.89. The van der Waals surface area contributed by atoms with Gasteiger partial charge in [-0.05, 0) is 46.1 Å². The van der Waals surface area contributed by atoms with Crippen LogP contribution < -0.4 is 4.74 Å². The number of sulfonamides is 1.